The second-order valence-corrected chi connectivity index (χ2v) is 7.60. The van der Waals surface area contributed by atoms with Crippen LogP contribution < -0.4 is 4.72 Å². The van der Waals surface area contributed by atoms with Crippen LogP contribution in [0.3, 0.4) is 0 Å². The van der Waals surface area contributed by atoms with Crippen LogP contribution in [0.15, 0.2) is 23.1 Å². The van der Waals surface area contributed by atoms with E-state index in [0.717, 1.165) is 18.2 Å². The Balaban J connectivity index is 2.58. The van der Waals surface area contributed by atoms with E-state index in [4.69, 9.17) is 23.2 Å². The molecular formula is C12H16BrCl2NO2S. The maximum absolute atomic E-state index is 12.0. The zero-order valence-corrected chi connectivity index (χ0v) is 14.4. The summed E-state index contributed by atoms with van der Waals surface area (Å²) in [5.74, 6) is 0.537. The molecule has 0 aromatic heterocycles. The molecule has 0 amide bonds. The van der Waals surface area contributed by atoms with E-state index in [1.807, 2.05) is 0 Å². The van der Waals surface area contributed by atoms with Crippen molar-refractivity contribution in [2.24, 2.45) is 5.92 Å². The Morgan fingerprint density at radius 3 is 2.58 bits per heavy atom. The first-order valence-corrected chi connectivity index (χ1v) is 9.23. The molecule has 7 heteroatoms. The first-order valence-electron chi connectivity index (χ1n) is 5.87. The molecule has 0 aliphatic carbocycles. The zero-order valence-electron chi connectivity index (χ0n) is 10.5. The lowest BCUT2D eigenvalue weighted by atomic mass is 10.1. The van der Waals surface area contributed by atoms with Gasteiger partial charge in [0.2, 0.25) is 10.0 Å². The van der Waals surface area contributed by atoms with Crippen LogP contribution in [0.4, 0.5) is 0 Å². The summed E-state index contributed by atoms with van der Waals surface area (Å²) in [5, 5.41) is 1.50. The highest BCUT2D eigenvalue weighted by Crippen LogP contribution is 2.24. The van der Waals surface area contributed by atoms with Crippen molar-refractivity contribution in [1.82, 2.24) is 4.72 Å². The largest absolute Gasteiger partial charge is 0.240 e. The Morgan fingerprint density at radius 1 is 1.32 bits per heavy atom. The number of benzene rings is 1. The van der Waals surface area contributed by atoms with Gasteiger partial charge in [-0.05, 0) is 37.0 Å². The first kappa shape index (κ1) is 17.2. The topological polar surface area (TPSA) is 46.2 Å². The lowest BCUT2D eigenvalue weighted by Gasteiger charge is -2.09. The Hall–Kier alpha value is 0.190. The van der Waals surface area contributed by atoms with Crippen molar-refractivity contribution in [3.05, 3.63) is 28.2 Å². The zero-order chi connectivity index (χ0) is 14.5. The average Bonchev–Trinajstić information content (AvgIpc) is 2.37. The van der Waals surface area contributed by atoms with Gasteiger partial charge in [-0.2, -0.15) is 0 Å². The fraction of sp³-hybridized carbons (Fsp3) is 0.500. The van der Waals surface area contributed by atoms with Crippen LogP contribution in [0.25, 0.3) is 0 Å². The molecule has 0 saturated carbocycles. The van der Waals surface area contributed by atoms with Crippen LogP contribution in [0.1, 0.15) is 19.8 Å². The van der Waals surface area contributed by atoms with E-state index in [1.165, 1.54) is 18.2 Å². The SMILES string of the molecule is CC(CBr)CCCNS(=O)(=O)c1ccc(Cl)c(Cl)c1. The van der Waals surface area contributed by atoms with E-state index in [-0.39, 0.29) is 9.92 Å². The monoisotopic (exact) mass is 387 g/mol. The molecule has 0 fully saturated rings. The molecule has 0 bridgehead atoms. The van der Waals surface area contributed by atoms with Gasteiger partial charge >= 0.3 is 0 Å². The molecule has 1 aromatic rings. The smallest absolute Gasteiger partial charge is 0.211 e. The third kappa shape index (κ3) is 5.60. The Kier molecular flexibility index (Phi) is 7.11. The third-order valence-corrected chi connectivity index (χ3v) is 5.93. The van der Waals surface area contributed by atoms with Gasteiger partial charge < -0.3 is 0 Å². The summed E-state index contributed by atoms with van der Waals surface area (Å²) in [7, 11) is -3.51. The molecule has 108 valence electrons. The lowest BCUT2D eigenvalue weighted by molar-refractivity contribution is 0.546. The molecule has 1 N–H and O–H groups in total. The Labute approximate surface area is 132 Å². The highest BCUT2D eigenvalue weighted by atomic mass is 79.9. The van der Waals surface area contributed by atoms with Gasteiger partial charge in [0.25, 0.3) is 0 Å². The molecule has 3 nitrogen and oxygen atoms in total. The van der Waals surface area contributed by atoms with Crippen LogP contribution in [-0.4, -0.2) is 20.3 Å². The molecule has 0 radical (unpaired) electrons. The van der Waals surface area contributed by atoms with Crippen molar-refractivity contribution < 1.29 is 8.42 Å². The van der Waals surface area contributed by atoms with Crippen molar-refractivity contribution in [1.29, 1.82) is 0 Å². The summed E-state index contributed by atoms with van der Waals surface area (Å²) in [4.78, 5) is 0.135. The minimum absolute atomic E-state index is 0.135. The molecule has 0 aliphatic heterocycles. The quantitative estimate of drug-likeness (QED) is 0.564. The van der Waals surface area contributed by atoms with Crippen LogP contribution in [0.5, 0.6) is 0 Å². The molecular weight excluding hydrogens is 373 g/mol. The van der Waals surface area contributed by atoms with Gasteiger partial charge in [0.1, 0.15) is 0 Å². The van der Waals surface area contributed by atoms with Crippen molar-refractivity contribution in [3.8, 4) is 0 Å². The minimum Gasteiger partial charge on any atom is -0.211 e. The van der Waals surface area contributed by atoms with Crippen molar-refractivity contribution in [3.63, 3.8) is 0 Å². The van der Waals surface area contributed by atoms with Crippen molar-refractivity contribution in [2.75, 3.05) is 11.9 Å². The Bertz CT molecular complexity index is 522. The van der Waals surface area contributed by atoms with Crippen LogP contribution in [-0.2, 0) is 10.0 Å². The summed E-state index contributed by atoms with van der Waals surface area (Å²) < 4.78 is 26.5. The molecule has 1 unspecified atom stereocenters. The van der Waals surface area contributed by atoms with Gasteiger partial charge in [-0.1, -0.05) is 46.1 Å². The molecule has 1 aromatic carbocycles. The predicted molar refractivity (Wildman–Crippen MR) is 83.8 cm³/mol. The van der Waals surface area contributed by atoms with E-state index < -0.39 is 10.0 Å². The highest BCUT2D eigenvalue weighted by molar-refractivity contribution is 9.09. The van der Waals surface area contributed by atoms with Crippen molar-refractivity contribution >= 4 is 49.2 Å². The van der Waals surface area contributed by atoms with Gasteiger partial charge in [0.15, 0.2) is 0 Å². The van der Waals surface area contributed by atoms with Gasteiger partial charge in [-0.15, -0.1) is 0 Å². The predicted octanol–water partition coefficient (Wildman–Crippen LogP) is 4.08. The number of rotatable bonds is 7. The number of nitrogens with one attached hydrogen (secondary N) is 1. The van der Waals surface area contributed by atoms with Gasteiger partial charge in [-0.25, -0.2) is 13.1 Å². The molecule has 0 heterocycles. The summed E-state index contributed by atoms with van der Waals surface area (Å²) >= 11 is 15.0. The van der Waals surface area contributed by atoms with Crippen LogP contribution in [0.2, 0.25) is 10.0 Å². The molecule has 1 atom stereocenters. The fourth-order valence-corrected chi connectivity index (χ4v) is 3.25. The Morgan fingerprint density at radius 2 is 2.00 bits per heavy atom. The second kappa shape index (κ2) is 7.84. The van der Waals surface area contributed by atoms with E-state index in [1.54, 1.807) is 0 Å². The van der Waals surface area contributed by atoms with Gasteiger partial charge in [0.05, 0.1) is 14.9 Å². The second-order valence-electron chi connectivity index (χ2n) is 4.38. The maximum atomic E-state index is 12.0. The minimum atomic E-state index is -3.51. The number of sulfonamides is 1. The van der Waals surface area contributed by atoms with Crippen LogP contribution >= 0.6 is 39.1 Å². The average molecular weight is 389 g/mol. The number of hydrogen-bond acceptors (Lipinski definition) is 2. The van der Waals surface area contributed by atoms with Gasteiger partial charge in [-0.3, -0.25) is 0 Å². The van der Waals surface area contributed by atoms with E-state index >= 15 is 0 Å². The maximum Gasteiger partial charge on any atom is 0.240 e. The van der Waals surface area contributed by atoms with Gasteiger partial charge in [0, 0.05) is 11.9 Å². The number of hydrogen-bond donors (Lipinski definition) is 1. The summed E-state index contributed by atoms with van der Waals surface area (Å²) in [6.45, 7) is 2.53. The molecule has 0 spiro atoms. The number of halogens is 3. The molecule has 1 rings (SSSR count). The highest BCUT2D eigenvalue weighted by Gasteiger charge is 2.14. The standard InChI is InChI=1S/C12H16BrCl2NO2S/c1-9(8-13)3-2-6-16-19(17,18)10-4-5-11(14)12(15)7-10/h4-5,7,9,16H,2-3,6,8H2,1H3. The van der Waals surface area contributed by atoms with Crippen molar-refractivity contribution in [2.45, 2.75) is 24.7 Å². The summed E-state index contributed by atoms with van der Waals surface area (Å²) in [6.07, 6.45) is 1.77. The fourth-order valence-electron chi connectivity index (χ4n) is 1.46. The molecule has 0 saturated heterocycles. The number of alkyl halides is 1. The third-order valence-electron chi connectivity index (χ3n) is 2.63. The van der Waals surface area contributed by atoms with E-state index in [0.29, 0.717) is 17.5 Å². The summed E-state index contributed by atoms with van der Waals surface area (Å²) in [6, 6.07) is 4.27. The lowest BCUT2D eigenvalue weighted by Crippen LogP contribution is -2.25. The van der Waals surface area contributed by atoms with E-state index in [9.17, 15) is 8.42 Å². The molecule has 19 heavy (non-hydrogen) atoms. The first-order chi connectivity index (χ1) is 8.86. The van der Waals surface area contributed by atoms with E-state index in [2.05, 4.69) is 27.6 Å². The van der Waals surface area contributed by atoms with Crippen LogP contribution in [0, 0.1) is 5.92 Å². The summed E-state index contributed by atoms with van der Waals surface area (Å²) in [5.41, 5.74) is 0. The normalized spacial score (nSPS) is 13.5. The molecule has 0 aliphatic rings.